The molecule has 2 aromatic heterocycles. The second-order valence-electron chi connectivity index (χ2n) is 11.2. The van der Waals surface area contributed by atoms with Gasteiger partial charge >= 0.3 is 12.1 Å². The molecule has 0 radical (unpaired) electrons. The Kier molecular flexibility index (Phi) is 9.73. The van der Waals surface area contributed by atoms with Crippen LogP contribution in [0.2, 0.25) is 0 Å². The van der Waals surface area contributed by atoms with E-state index in [1.165, 1.54) is 28.5 Å². The number of carbonyl (C=O) groups is 3. The number of carbonyl (C=O) groups excluding carboxylic acids is 3. The van der Waals surface area contributed by atoms with Crippen LogP contribution in [0.3, 0.4) is 0 Å². The Bertz CT molecular complexity index is 1990. The van der Waals surface area contributed by atoms with Gasteiger partial charge in [-0.25, -0.2) is 9.79 Å². The third kappa shape index (κ3) is 7.09. The Hall–Kier alpha value is -5.74. The number of aliphatic hydroxyl groups is 1. The molecule has 258 valence electrons. The highest BCUT2D eigenvalue weighted by Gasteiger charge is 2.32. The van der Waals surface area contributed by atoms with E-state index in [2.05, 4.69) is 33.5 Å². The van der Waals surface area contributed by atoms with Gasteiger partial charge in [0.05, 0.1) is 17.9 Å². The standard InChI is InChI=1S/C32H33F3N8O6/c1-5-23-27(40-10-12-41(13-11-40)29(47)26(19(4)44)36-6-2)30(48)43-31(38-28(39-43)20-9-14-49-25(46)16-20)42(23)17-24(45)37-22-8-7-21(15-18(22)3)32(33,34)35/h6-8,15-16,44H,2,4-5,9-14,17H2,1,3H3,(H,37,45). The number of cyclic esters (lactones) is 1. The van der Waals surface area contributed by atoms with Crippen molar-refractivity contribution in [2.45, 2.75) is 39.4 Å². The summed E-state index contributed by atoms with van der Waals surface area (Å²) in [5.74, 6) is -2.16. The number of benzene rings is 1. The molecule has 2 N–H and O–H groups in total. The van der Waals surface area contributed by atoms with Gasteiger partial charge in [-0.3, -0.25) is 14.4 Å². The molecule has 14 nitrogen and oxygen atoms in total. The minimum Gasteiger partial charge on any atom is -0.506 e. The van der Waals surface area contributed by atoms with E-state index in [9.17, 15) is 37.5 Å². The number of nitrogens with zero attached hydrogens (tertiary/aromatic N) is 7. The van der Waals surface area contributed by atoms with Gasteiger partial charge in [0.2, 0.25) is 11.7 Å². The van der Waals surface area contributed by atoms with Crippen LogP contribution in [0, 0.1) is 6.92 Å². The average molecular weight is 683 g/mol. The van der Waals surface area contributed by atoms with E-state index in [-0.39, 0.29) is 73.5 Å². The van der Waals surface area contributed by atoms with Crippen LogP contribution in [0.1, 0.15) is 36.0 Å². The van der Waals surface area contributed by atoms with E-state index >= 15 is 0 Å². The summed E-state index contributed by atoms with van der Waals surface area (Å²) in [6.07, 6.45) is -1.65. The average Bonchev–Trinajstić information content (AvgIpc) is 3.51. The number of aromatic nitrogens is 4. The smallest absolute Gasteiger partial charge is 0.416 e. The topological polar surface area (TPSA) is 164 Å². The number of fused-ring (bicyclic) bond motifs is 1. The summed E-state index contributed by atoms with van der Waals surface area (Å²) < 4.78 is 47.2. The van der Waals surface area contributed by atoms with Crippen molar-refractivity contribution in [3.63, 3.8) is 0 Å². The molecule has 0 atom stereocenters. The van der Waals surface area contributed by atoms with Gasteiger partial charge in [0.1, 0.15) is 18.0 Å². The van der Waals surface area contributed by atoms with Crippen LogP contribution in [0.5, 0.6) is 0 Å². The molecule has 4 heterocycles. The van der Waals surface area contributed by atoms with Gasteiger partial charge in [0.15, 0.2) is 11.5 Å². The molecule has 49 heavy (non-hydrogen) atoms. The molecule has 2 aliphatic heterocycles. The van der Waals surface area contributed by atoms with Crippen molar-refractivity contribution in [2.24, 2.45) is 4.99 Å². The quantitative estimate of drug-likeness (QED) is 0.196. The molecule has 5 rings (SSSR count). The number of nitrogens with one attached hydrogen (secondary N) is 1. The zero-order chi connectivity index (χ0) is 35.6. The molecule has 2 aliphatic rings. The van der Waals surface area contributed by atoms with E-state index in [1.54, 1.807) is 11.8 Å². The maximum Gasteiger partial charge on any atom is 0.416 e. The zero-order valence-corrected chi connectivity index (χ0v) is 26.7. The van der Waals surface area contributed by atoms with Crippen LogP contribution < -0.4 is 15.8 Å². The number of esters is 1. The first-order chi connectivity index (χ1) is 23.2. The van der Waals surface area contributed by atoms with Crippen molar-refractivity contribution >= 4 is 46.2 Å². The molecule has 0 spiro atoms. The number of hydrogen-bond acceptors (Lipinski definition) is 10. The van der Waals surface area contributed by atoms with E-state index in [0.29, 0.717) is 17.7 Å². The van der Waals surface area contributed by atoms with Crippen LogP contribution >= 0.6 is 0 Å². The Morgan fingerprint density at radius 1 is 1.18 bits per heavy atom. The second kappa shape index (κ2) is 13.8. The van der Waals surface area contributed by atoms with Crippen molar-refractivity contribution in [1.82, 2.24) is 24.1 Å². The van der Waals surface area contributed by atoms with Crippen LogP contribution in [0.4, 0.5) is 24.5 Å². The highest BCUT2D eigenvalue weighted by Crippen LogP contribution is 2.32. The summed E-state index contributed by atoms with van der Waals surface area (Å²) in [4.78, 5) is 64.1. The number of halogens is 3. The van der Waals surface area contributed by atoms with Crippen LogP contribution in [0.25, 0.3) is 11.4 Å². The Morgan fingerprint density at radius 2 is 1.90 bits per heavy atom. The lowest BCUT2D eigenvalue weighted by Gasteiger charge is -2.36. The molecule has 0 aliphatic carbocycles. The molecular formula is C32H33F3N8O6. The Labute approximate surface area is 277 Å². The van der Waals surface area contributed by atoms with E-state index in [0.717, 1.165) is 22.8 Å². The fraction of sp³-hybridized carbons (Fsp3) is 0.344. The third-order valence-electron chi connectivity index (χ3n) is 8.06. The lowest BCUT2D eigenvalue weighted by Crippen LogP contribution is -2.52. The molecule has 3 aromatic rings. The lowest BCUT2D eigenvalue weighted by molar-refractivity contribution is -0.138. The molecular weight excluding hydrogens is 649 g/mol. The van der Waals surface area contributed by atoms with Gasteiger partial charge in [-0.15, -0.1) is 5.10 Å². The summed E-state index contributed by atoms with van der Waals surface area (Å²) >= 11 is 0. The van der Waals surface area contributed by atoms with Gasteiger partial charge in [-0.1, -0.05) is 20.1 Å². The number of anilines is 2. The minimum atomic E-state index is -4.55. The van der Waals surface area contributed by atoms with Gasteiger partial charge in [0.25, 0.3) is 11.5 Å². The van der Waals surface area contributed by atoms with Crippen LogP contribution in [0.15, 0.2) is 59.2 Å². The number of rotatable bonds is 9. The maximum atomic E-state index is 14.1. The SMILES string of the molecule is C=CN=C(C(=C)O)C(=O)N1CCN(c2c(CC)n(CC(=O)Nc3ccc(C(F)(F)F)cc3C)c3nc(C4=CC(=O)OCC4)nn3c2=O)CC1. The van der Waals surface area contributed by atoms with Crippen LogP contribution in [-0.2, 0) is 38.3 Å². The summed E-state index contributed by atoms with van der Waals surface area (Å²) in [5, 5.41) is 16.9. The summed E-state index contributed by atoms with van der Waals surface area (Å²) in [6, 6.07) is 2.98. The number of hydrogen-bond donors (Lipinski definition) is 2. The van der Waals surface area contributed by atoms with Crippen molar-refractivity contribution in [3.05, 3.63) is 82.4 Å². The Morgan fingerprint density at radius 3 is 2.49 bits per heavy atom. The molecule has 1 fully saturated rings. The fourth-order valence-electron chi connectivity index (χ4n) is 5.70. The number of aliphatic imine (C=N–C) groups is 1. The zero-order valence-electron chi connectivity index (χ0n) is 26.7. The molecule has 0 bridgehead atoms. The normalized spacial score (nSPS) is 15.6. The van der Waals surface area contributed by atoms with Crippen LogP contribution in [-0.4, -0.2) is 85.5 Å². The largest absolute Gasteiger partial charge is 0.506 e. The summed E-state index contributed by atoms with van der Waals surface area (Å²) in [5.41, 5.74) is -0.219. The summed E-state index contributed by atoms with van der Waals surface area (Å²) in [7, 11) is 0. The fourth-order valence-corrected chi connectivity index (χ4v) is 5.70. The number of aryl methyl sites for hydroxylation is 1. The highest BCUT2D eigenvalue weighted by molar-refractivity contribution is 6.44. The number of ether oxygens (including phenoxy) is 1. The highest BCUT2D eigenvalue weighted by atomic mass is 19.4. The Balaban J connectivity index is 1.54. The van der Waals surface area contributed by atoms with Gasteiger partial charge in [0, 0.05) is 56.1 Å². The predicted molar refractivity (Wildman–Crippen MR) is 173 cm³/mol. The maximum absolute atomic E-state index is 14.1. The molecule has 2 amide bonds. The monoisotopic (exact) mass is 682 g/mol. The number of alkyl halides is 3. The van der Waals surface area contributed by atoms with Crippen molar-refractivity contribution in [2.75, 3.05) is 43.0 Å². The first kappa shape index (κ1) is 34.6. The van der Waals surface area contributed by atoms with Crippen molar-refractivity contribution in [3.8, 4) is 0 Å². The van der Waals surface area contributed by atoms with E-state index in [1.807, 2.05) is 0 Å². The summed E-state index contributed by atoms with van der Waals surface area (Å²) in [6.45, 7) is 10.4. The van der Waals surface area contributed by atoms with E-state index < -0.39 is 47.4 Å². The second-order valence-corrected chi connectivity index (χ2v) is 11.2. The third-order valence-corrected chi connectivity index (χ3v) is 8.06. The first-order valence-corrected chi connectivity index (χ1v) is 15.2. The first-order valence-electron chi connectivity index (χ1n) is 15.2. The lowest BCUT2D eigenvalue weighted by atomic mass is 10.1. The predicted octanol–water partition coefficient (Wildman–Crippen LogP) is 3.05. The van der Waals surface area contributed by atoms with Crippen molar-refractivity contribution in [1.29, 1.82) is 0 Å². The molecule has 0 saturated carbocycles. The van der Waals surface area contributed by atoms with Crippen molar-refractivity contribution < 1.29 is 37.4 Å². The van der Waals surface area contributed by atoms with Gasteiger partial charge in [-0.2, -0.15) is 22.7 Å². The molecule has 1 saturated heterocycles. The minimum absolute atomic E-state index is 0.0142. The number of aliphatic hydroxyl groups excluding tert-OH is 1. The molecule has 1 aromatic carbocycles. The van der Waals surface area contributed by atoms with E-state index in [4.69, 9.17) is 4.74 Å². The van der Waals surface area contributed by atoms with Gasteiger partial charge < -0.3 is 29.5 Å². The molecule has 17 heteroatoms. The molecule has 0 unspecified atom stereocenters. The van der Waals surface area contributed by atoms with Gasteiger partial charge in [-0.05, 0) is 37.1 Å². The number of amides is 2. The number of piperazine rings is 1.